The number of rotatable bonds is 10. The minimum atomic E-state index is -2.38. The summed E-state index contributed by atoms with van der Waals surface area (Å²) in [5.41, 5.74) is -6.91. The van der Waals surface area contributed by atoms with E-state index in [-0.39, 0.29) is 29.7 Å². The van der Waals surface area contributed by atoms with E-state index in [0.717, 1.165) is 13.8 Å². The minimum absolute atomic E-state index is 0.00140. The molecule has 4 N–H and O–H groups in total. The van der Waals surface area contributed by atoms with Crippen LogP contribution in [0.15, 0.2) is 83.5 Å². The van der Waals surface area contributed by atoms with E-state index in [9.17, 15) is 39.3 Å². The molecule has 11 atom stereocenters. The molecule has 6 rings (SSSR count). The number of allylic oxidation sites excluding steroid dienone is 1. The van der Waals surface area contributed by atoms with Crippen LogP contribution in [-0.2, 0) is 47.7 Å². The summed E-state index contributed by atoms with van der Waals surface area (Å²) < 4.78 is 30.2. The fourth-order valence-corrected chi connectivity index (χ4v) is 9.75. The number of carbonyl (C=O) groups is 6. The van der Waals surface area contributed by atoms with Crippen LogP contribution in [-0.4, -0.2) is 105 Å². The summed E-state index contributed by atoms with van der Waals surface area (Å²) in [6.07, 6.45) is -8.88. The number of fused-ring (bicyclic) bond motifs is 5. The third kappa shape index (κ3) is 7.24. The SMILES string of the molecule is C/C=C(\C)C(=O)N[C@@H](c1ccccc1)[C@@H](O)C(=O)O[C@H]1C[C@@]2(O)C(OC(=O)c3ccccc3)C3[C@]4(OC(C)=O)COC4C[C@H](O)[C@@]3(C)C(=O)[C@H](OC(C)=O)C(=C1C)C2(C)C. The summed E-state index contributed by atoms with van der Waals surface area (Å²) >= 11 is 0. The standard InChI is InChI=1S/C45H53NO14/c1-9-23(2)39(52)46-33(27-16-12-10-13-17-27)34(50)41(54)58-29-21-45(55)38(59-40(53)28-18-14-11-15-19-28)36-43(8,30(49)20-31-44(36,22-56-31)60-26(5)48)37(51)35(57-25(4)47)32(24(29)3)42(45,6)7/h9-19,29-31,33-36,38,49-50,55H,20-22H2,1-8H3,(H,46,52)/b23-9+/t29-,30-,31?,33-,34+,35+,36?,38?,43+,44-,45+/m0/s1. The van der Waals surface area contributed by atoms with Gasteiger partial charge in [0.05, 0.1) is 35.6 Å². The molecule has 2 aromatic carbocycles. The van der Waals surface area contributed by atoms with Gasteiger partial charge in [0.2, 0.25) is 5.91 Å². The number of aliphatic hydroxyl groups excluding tert-OH is 2. The summed E-state index contributed by atoms with van der Waals surface area (Å²) in [5, 5.41) is 40.0. The van der Waals surface area contributed by atoms with E-state index in [1.54, 1.807) is 82.3 Å². The second-order valence-corrected chi connectivity index (χ2v) is 17.0. The highest BCUT2D eigenvalue weighted by atomic mass is 16.6. The maximum atomic E-state index is 15.4. The number of esters is 4. The van der Waals surface area contributed by atoms with E-state index >= 15 is 4.79 Å². The molecule has 15 nitrogen and oxygen atoms in total. The number of nitrogens with one attached hydrogen (secondary N) is 1. The number of amides is 1. The highest BCUT2D eigenvalue weighted by Gasteiger charge is 2.78. The molecule has 3 aliphatic carbocycles. The summed E-state index contributed by atoms with van der Waals surface area (Å²) in [5.74, 6) is -6.78. The van der Waals surface area contributed by atoms with Crippen LogP contribution in [0.25, 0.3) is 0 Å². The molecule has 1 heterocycles. The highest BCUT2D eigenvalue weighted by Crippen LogP contribution is 2.64. The van der Waals surface area contributed by atoms with E-state index in [1.165, 1.54) is 26.0 Å². The van der Waals surface area contributed by atoms with Crippen LogP contribution in [0, 0.1) is 16.7 Å². The lowest BCUT2D eigenvalue weighted by atomic mass is 9.44. The zero-order chi connectivity index (χ0) is 44.1. The molecule has 0 radical (unpaired) electrons. The Bertz CT molecular complexity index is 2110. The molecule has 60 heavy (non-hydrogen) atoms. The van der Waals surface area contributed by atoms with E-state index in [1.807, 2.05) is 0 Å². The molecular weight excluding hydrogens is 778 g/mol. The molecule has 3 unspecified atom stereocenters. The number of ether oxygens (including phenoxy) is 5. The largest absolute Gasteiger partial charge is 0.456 e. The third-order valence-electron chi connectivity index (χ3n) is 13.2. The molecule has 15 heteroatoms. The lowest BCUT2D eigenvalue weighted by Crippen LogP contribution is -2.82. The fourth-order valence-electron chi connectivity index (χ4n) is 9.75. The van der Waals surface area contributed by atoms with Crippen LogP contribution in [0.4, 0.5) is 0 Å². The van der Waals surface area contributed by atoms with Crippen LogP contribution in [0.5, 0.6) is 0 Å². The van der Waals surface area contributed by atoms with Crippen LogP contribution in [0.2, 0.25) is 0 Å². The molecule has 1 aliphatic heterocycles. The van der Waals surface area contributed by atoms with Gasteiger partial charge < -0.3 is 44.3 Å². The Hall–Kier alpha value is -5.22. The van der Waals surface area contributed by atoms with Gasteiger partial charge in [-0.25, -0.2) is 9.59 Å². The number of benzene rings is 2. The molecule has 2 saturated carbocycles. The number of Topliss-reactive ketones (excluding diaryl/α,β-unsaturated/α-hetero) is 1. The predicted molar refractivity (Wildman–Crippen MR) is 211 cm³/mol. The second kappa shape index (κ2) is 16.3. The lowest BCUT2D eigenvalue weighted by Gasteiger charge is -2.67. The highest BCUT2D eigenvalue weighted by molar-refractivity contribution is 5.96. The van der Waals surface area contributed by atoms with Gasteiger partial charge in [-0.3, -0.25) is 19.2 Å². The Morgan fingerprint density at radius 1 is 0.917 bits per heavy atom. The van der Waals surface area contributed by atoms with Crippen molar-refractivity contribution in [3.05, 3.63) is 94.6 Å². The fraction of sp³-hybridized carbons (Fsp3) is 0.511. The smallest absolute Gasteiger partial charge is 0.338 e. The first kappa shape index (κ1) is 44.3. The number of carbonyl (C=O) groups excluding carboxylic acids is 6. The van der Waals surface area contributed by atoms with Crippen LogP contribution in [0.1, 0.15) is 90.2 Å². The zero-order valence-electron chi connectivity index (χ0n) is 34.9. The van der Waals surface area contributed by atoms with Gasteiger partial charge in [-0.15, -0.1) is 0 Å². The Labute approximate surface area is 348 Å². The average molecular weight is 832 g/mol. The summed E-state index contributed by atoms with van der Waals surface area (Å²) in [6.45, 7) is 11.2. The van der Waals surface area contributed by atoms with Crippen molar-refractivity contribution in [2.45, 2.75) is 122 Å². The normalized spacial score (nSPS) is 32.9. The zero-order valence-corrected chi connectivity index (χ0v) is 34.9. The number of ketones is 1. The predicted octanol–water partition coefficient (Wildman–Crippen LogP) is 3.39. The van der Waals surface area contributed by atoms with Gasteiger partial charge in [-0.2, -0.15) is 0 Å². The van der Waals surface area contributed by atoms with Crippen molar-refractivity contribution in [3.63, 3.8) is 0 Å². The number of hydrogen-bond donors (Lipinski definition) is 4. The lowest BCUT2D eigenvalue weighted by molar-refractivity contribution is -0.346. The van der Waals surface area contributed by atoms with Crippen LogP contribution < -0.4 is 5.32 Å². The first-order valence-corrected chi connectivity index (χ1v) is 19.9. The van der Waals surface area contributed by atoms with Gasteiger partial charge in [0.15, 0.2) is 23.6 Å². The van der Waals surface area contributed by atoms with Crippen molar-refractivity contribution in [2.24, 2.45) is 16.7 Å². The van der Waals surface area contributed by atoms with Crippen molar-refractivity contribution < 1.29 is 67.8 Å². The molecule has 1 saturated heterocycles. The van der Waals surface area contributed by atoms with Gasteiger partial charge in [-0.05, 0) is 56.5 Å². The van der Waals surface area contributed by atoms with Crippen molar-refractivity contribution in [3.8, 4) is 0 Å². The van der Waals surface area contributed by atoms with E-state index in [4.69, 9.17) is 23.7 Å². The van der Waals surface area contributed by atoms with Crippen molar-refractivity contribution in [1.82, 2.24) is 5.32 Å². The van der Waals surface area contributed by atoms with E-state index in [2.05, 4.69) is 5.32 Å². The summed E-state index contributed by atoms with van der Waals surface area (Å²) in [7, 11) is 0. The van der Waals surface area contributed by atoms with Gasteiger partial charge >= 0.3 is 23.9 Å². The summed E-state index contributed by atoms with van der Waals surface area (Å²) in [4.78, 5) is 82.9. The Kier molecular flexibility index (Phi) is 12.1. The Morgan fingerprint density at radius 2 is 1.53 bits per heavy atom. The van der Waals surface area contributed by atoms with Crippen molar-refractivity contribution in [1.29, 1.82) is 0 Å². The first-order chi connectivity index (χ1) is 28.1. The molecular formula is C45H53NO14. The number of hydrogen-bond acceptors (Lipinski definition) is 14. The van der Waals surface area contributed by atoms with Gasteiger partial charge in [-0.1, -0.05) is 68.5 Å². The Balaban J connectivity index is 1.56. The maximum Gasteiger partial charge on any atom is 0.338 e. The van der Waals surface area contributed by atoms with Crippen LogP contribution in [0.3, 0.4) is 0 Å². The number of aliphatic hydroxyl groups is 3. The Morgan fingerprint density at radius 3 is 2.08 bits per heavy atom. The van der Waals surface area contributed by atoms with Gasteiger partial charge in [0, 0.05) is 37.7 Å². The molecule has 2 bridgehead atoms. The molecule has 1 amide bonds. The van der Waals surface area contributed by atoms with Crippen molar-refractivity contribution in [2.75, 3.05) is 6.61 Å². The van der Waals surface area contributed by atoms with Gasteiger partial charge in [0.25, 0.3) is 0 Å². The summed E-state index contributed by atoms with van der Waals surface area (Å²) in [6, 6.07) is 14.8. The monoisotopic (exact) mass is 831 g/mol. The molecule has 3 fully saturated rings. The molecule has 4 aliphatic rings. The molecule has 2 aromatic rings. The van der Waals surface area contributed by atoms with Crippen LogP contribution >= 0.6 is 0 Å². The topological polar surface area (TPSA) is 221 Å². The first-order valence-electron chi connectivity index (χ1n) is 19.9. The quantitative estimate of drug-likeness (QED) is 0.117. The third-order valence-corrected chi connectivity index (χ3v) is 13.2. The van der Waals surface area contributed by atoms with Gasteiger partial charge in [0.1, 0.15) is 23.9 Å². The molecule has 0 aromatic heterocycles. The van der Waals surface area contributed by atoms with E-state index < -0.39 is 113 Å². The molecule has 0 spiro atoms. The average Bonchev–Trinajstić information content (AvgIpc) is 3.20. The minimum Gasteiger partial charge on any atom is -0.456 e. The second-order valence-electron chi connectivity index (χ2n) is 17.0. The van der Waals surface area contributed by atoms with E-state index in [0.29, 0.717) is 11.1 Å². The maximum absolute atomic E-state index is 15.4. The molecule has 322 valence electrons. The van der Waals surface area contributed by atoms with Crippen molar-refractivity contribution >= 4 is 35.6 Å².